The Morgan fingerprint density at radius 1 is 1.30 bits per heavy atom. The van der Waals surface area contributed by atoms with Gasteiger partial charge < -0.3 is 15.2 Å². The summed E-state index contributed by atoms with van der Waals surface area (Å²) in [6, 6.07) is -0.823. The van der Waals surface area contributed by atoms with Crippen LogP contribution in [0.5, 0.6) is 0 Å². The van der Waals surface area contributed by atoms with Crippen molar-refractivity contribution in [2.45, 2.75) is 57.4 Å². The minimum absolute atomic E-state index is 0.0227. The molecule has 2 N–H and O–H groups in total. The van der Waals surface area contributed by atoms with E-state index in [4.69, 9.17) is 4.74 Å². The maximum absolute atomic E-state index is 11.6. The first-order chi connectivity index (χ1) is 9.65. The molecule has 20 heavy (non-hydrogen) atoms. The van der Waals surface area contributed by atoms with E-state index in [0.717, 1.165) is 51.4 Å². The monoisotopic (exact) mass is 283 g/mol. The smallest absolute Gasteiger partial charge is 0.407 e. The number of alkyl carbamates (subject to hydrolysis) is 1. The summed E-state index contributed by atoms with van der Waals surface area (Å²) in [6.07, 6.45) is 8.71. The molecule has 0 heterocycles. The number of unbranched alkanes of at least 4 members (excludes halogenated alkanes) is 2. The lowest BCUT2D eigenvalue weighted by Gasteiger charge is -2.27. The van der Waals surface area contributed by atoms with E-state index in [0.29, 0.717) is 6.61 Å². The Bertz CT molecular complexity index is 324. The van der Waals surface area contributed by atoms with Crippen LogP contribution >= 0.6 is 0 Å². The van der Waals surface area contributed by atoms with Crippen LogP contribution in [0, 0.1) is 5.92 Å². The number of allylic oxidation sites excluding steroid dienone is 1. The third-order valence-corrected chi connectivity index (χ3v) is 3.70. The van der Waals surface area contributed by atoms with Crippen LogP contribution in [0.25, 0.3) is 0 Å². The highest BCUT2D eigenvalue weighted by Gasteiger charge is 2.31. The van der Waals surface area contributed by atoms with Gasteiger partial charge in [-0.05, 0) is 38.0 Å². The van der Waals surface area contributed by atoms with Crippen molar-refractivity contribution in [3.63, 3.8) is 0 Å². The Balaban J connectivity index is 2.31. The minimum Gasteiger partial charge on any atom is -0.480 e. The maximum Gasteiger partial charge on any atom is 0.407 e. The summed E-state index contributed by atoms with van der Waals surface area (Å²) in [4.78, 5) is 22.9. The molecule has 0 saturated heterocycles. The molecular formula is C15H25NO4. The van der Waals surface area contributed by atoms with Gasteiger partial charge in [0.15, 0.2) is 0 Å². The first-order valence-electron chi connectivity index (χ1n) is 7.42. The van der Waals surface area contributed by atoms with Gasteiger partial charge in [0.1, 0.15) is 6.04 Å². The zero-order valence-electron chi connectivity index (χ0n) is 12.0. The lowest BCUT2D eigenvalue weighted by Crippen LogP contribution is -2.46. The zero-order valence-corrected chi connectivity index (χ0v) is 12.0. The molecule has 1 amide bonds. The van der Waals surface area contributed by atoms with Crippen LogP contribution in [0.4, 0.5) is 4.79 Å². The van der Waals surface area contributed by atoms with Crippen LogP contribution in [0.1, 0.15) is 51.4 Å². The first kappa shape index (κ1) is 16.5. The SMILES string of the molecule is C=CCCCCOC(=O)NC(C(=O)O)C1CCCCC1. The average Bonchev–Trinajstić information content (AvgIpc) is 2.45. The minimum atomic E-state index is -0.972. The number of carboxylic acid groups (broad SMARTS) is 1. The number of hydrogen-bond acceptors (Lipinski definition) is 3. The third kappa shape index (κ3) is 6.08. The van der Waals surface area contributed by atoms with Gasteiger partial charge in [-0.3, -0.25) is 0 Å². The molecule has 1 unspecified atom stereocenters. The van der Waals surface area contributed by atoms with Gasteiger partial charge in [-0.2, -0.15) is 0 Å². The predicted molar refractivity (Wildman–Crippen MR) is 76.5 cm³/mol. The fourth-order valence-electron chi connectivity index (χ4n) is 2.57. The van der Waals surface area contributed by atoms with Crippen molar-refractivity contribution >= 4 is 12.1 Å². The van der Waals surface area contributed by atoms with Crippen LogP contribution in [0.15, 0.2) is 12.7 Å². The van der Waals surface area contributed by atoms with Crippen molar-refractivity contribution < 1.29 is 19.4 Å². The quantitative estimate of drug-likeness (QED) is 0.530. The second-order valence-electron chi connectivity index (χ2n) is 5.28. The van der Waals surface area contributed by atoms with Gasteiger partial charge in [-0.1, -0.05) is 25.3 Å². The average molecular weight is 283 g/mol. The molecular weight excluding hydrogens is 258 g/mol. The second-order valence-corrected chi connectivity index (χ2v) is 5.28. The Morgan fingerprint density at radius 3 is 2.60 bits per heavy atom. The highest BCUT2D eigenvalue weighted by Crippen LogP contribution is 2.26. The number of carbonyl (C=O) groups excluding carboxylic acids is 1. The number of rotatable bonds is 8. The van der Waals surface area contributed by atoms with E-state index in [9.17, 15) is 14.7 Å². The number of carbonyl (C=O) groups is 2. The van der Waals surface area contributed by atoms with Crippen LogP contribution in [0.3, 0.4) is 0 Å². The summed E-state index contributed by atoms with van der Waals surface area (Å²) >= 11 is 0. The Kier molecular flexibility index (Phi) is 7.77. The van der Waals surface area contributed by atoms with E-state index < -0.39 is 18.1 Å². The van der Waals surface area contributed by atoms with Gasteiger partial charge in [-0.25, -0.2) is 9.59 Å². The standard InChI is InChI=1S/C15H25NO4/c1-2-3-4-8-11-20-15(19)16-13(14(17)18)12-9-6-5-7-10-12/h2,12-13H,1,3-11H2,(H,16,19)(H,17,18). The molecule has 1 rings (SSSR count). The number of nitrogens with one attached hydrogen (secondary N) is 1. The largest absolute Gasteiger partial charge is 0.480 e. The van der Waals surface area contributed by atoms with E-state index in [1.165, 1.54) is 0 Å². The van der Waals surface area contributed by atoms with E-state index in [1.54, 1.807) is 0 Å². The van der Waals surface area contributed by atoms with Crippen LogP contribution in [0.2, 0.25) is 0 Å². The van der Waals surface area contributed by atoms with Crippen molar-refractivity contribution in [3.05, 3.63) is 12.7 Å². The van der Waals surface area contributed by atoms with Crippen LogP contribution in [-0.2, 0) is 9.53 Å². The molecule has 1 aliphatic rings. The molecule has 1 atom stereocenters. The van der Waals surface area contributed by atoms with Gasteiger partial charge in [0.25, 0.3) is 0 Å². The summed E-state index contributed by atoms with van der Waals surface area (Å²) in [5, 5.41) is 11.7. The fourth-order valence-corrected chi connectivity index (χ4v) is 2.57. The molecule has 0 aromatic heterocycles. The number of amides is 1. The maximum atomic E-state index is 11.6. The van der Waals surface area contributed by atoms with Crippen molar-refractivity contribution in [3.8, 4) is 0 Å². The Morgan fingerprint density at radius 2 is 2.00 bits per heavy atom. The lowest BCUT2D eigenvalue weighted by atomic mass is 9.84. The number of ether oxygens (including phenoxy) is 1. The number of aliphatic carboxylic acids is 1. The van der Waals surface area contributed by atoms with E-state index in [1.807, 2.05) is 6.08 Å². The highest BCUT2D eigenvalue weighted by atomic mass is 16.5. The molecule has 0 aromatic carbocycles. The second kappa shape index (κ2) is 9.39. The molecule has 0 spiro atoms. The molecule has 5 nitrogen and oxygen atoms in total. The normalized spacial score (nSPS) is 17.2. The number of carboxylic acids is 1. The van der Waals surface area contributed by atoms with Gasteiger partial charge >= 0.3 is 12.1 Å². The molecule has 0 aliphatic heterocycles. The molecule has 1 aliphatic carbocycles. The molecule has 0 aromatic rings. The van der Waals surface area contributed by atoms with Crippen LogP contribution < -0.4 is 5.32 Å². The molecule has 114 valence electrons. The summed E-state index contributed by atoms with van der Waals surface area (Å²) in [5.74, 6) is -0.949. The summed E-state index contributed by atoms with van der Waals surface area (Å²) in [6.45, 7) is 3.93. The van der Waals surface area contributed by atoms with Gasteiger partial charge in [0.05, 0.1) is 6.61 Å². The Labute approximate surface area is 120 Å². The Hall–Kier alpha value is -1.52. The van der Waals surface area contributed by atoms with Gasteiger partial charge in [-0.15, -0.1) is 6.58 Å². The summed E-state index contributed by atoms with van der Waals surface area (Å²) in [5.41, 5.74) is 0. The van der Waals surface area contributed by atoms with Crippen LogP contribution in [-0.4, -0.2) is 29.8 Å². The fraction of sp³-hybridized carbons (Fsp3) is 0.733. The third-order valence-electron chi connectivity index (χ3n) is 3.70. The van der Waals surface area contributed by atoms with E-state index in [2.05, 4.69) is 11.9 Å². The topological polar surface area (TPSA) is 75.6 Å². The van der Waals surface area contributed by atoms with Crippen molar-refractivity contribution in [2.75, 3.05) is 6.61 Å². The zero-order chi connectivity index (χ0) is 14.8. The lowest BCUT2D eigenvalue weighted by molar-refractivity contribution is -0.141. The van der Waals surface area contributed by atoms with Crippen molar-refractivity contribution in [1.82, 2.24) is 5.32 Å². The molecule has 1 saturated carbocycles. The van der Waals surface area contributed by atoms with E-state index in [-0.39, 0.29) is 5.92 Å². The number of hydrogen-bond donors (Lipinski definition) is 2. The first-order valence-corrected chi connectivity index (χ1v) is 7.42. The molecule has 1 fully saturated rings. The van der Waals surface area contributed by atoms with Crippen molar-refractivity contribution in [1.29, 1.82) is 0 Å². The molecule has 0 radical (unpaired) electrons. The summed E-state index contributed by atoms with van der Waals surface area (Å²) in [7, 11) is 0. The van der Waals surface area contributed by atoms with Gasteiger partial charge in [0.2, 0.25) is 0 Å². The van der Waals surface area contributed by atoms with Crippen molar-refractivity contribution in [2.24, 2.45) is 5.92 Å². The molecule has 5 heteroatoms. The predicted octanol–water partition coefficient (Wildman–Crippen LogP) is 3.10. The van der Waals surface area contributed by atoms with Gasteiger partial charge in [0, 0.05) is 0 Å². The van der Waals surface area contributed by atoms with E-state index >= 15 is 0 Å². The summed E-state index contributed by atoms with van der Waals surface area (Å²) < 4.78 is 5.01. The highest BCUT2D eigenvalue weighted by molar-refractivity contribution is 5.80. The molecule has 0 bridgehead atoms.